The Morgan fingerprint density at radius 2 is 1.89 bits per heavy atom. The lowest BCUT2D eigenvalue weighted by molar-refractivity contribution is 0.0945. The van der Waals surface area contributed by atoms with Crippen molar-refractivity contribution in [3.05, 3.63) is 65.0 Å². The summed E-state index contributed by atoms with van der Waals surface area (Å²) in [5.74, 6) is -0.0577. The molecule has 1 unspecified atom stereocenters. The zero-order valence-corrected chi connectivity index (χ0v) is 15.4. The van der Waals surface area contributed by atoms with Crippen molar-refractivity contribution < 1.29 is 18.7 Å². The van der Waals surface area contributed by atoms with Gasteiger partial charge >= 0.3 is 6.03 Å². The first-order valence-corrected chi connectivity index (χ1v) is 9.38. The average molecular weight is 383 g/mol. The normalized spacial score (nSPS) is 18.0. The van der Waals surface area contributed by atoms with Crippen LogP contribution in [0.15, 0.2) is 42.5 Å². The van der Waals surface area contributed by atoms with Gasteiger partial charge in [-0.15, -0.1) is 0 Å². The number of benzene rings is 2. The Bertz CT molecular complexity index is 879. The molecule has 1 saturated heterocycles. The lowest BCUT2D eigenvalue weighted by Crippen LogP contribution is -2.30. The number of hydrogen-bond donors (Lipinski definition) is 2. The van der Waals surface area contributed by atoms with Crippen molar-refractivity contribution in [1.29, 1.82) is 0 Å². The third-order valence-corrected chi connectivity index (χ3v) is 5.15. The first kappa shape index (κ1) is 18.4. The third kappa shape index (κ3) is 4.14. The topological polar surface area (TPSA) is 70.7 Å². The van der Waals surface area contributed by atoms with Gasteiger partial charge in [-0.2, -0.15) is 0 Å². The molecule has 2 aromatic rings. The van der Waals surface area contributed by atoms with Crippen molar-refractivity contribution in [3.63, 3.8) is 0 Å². The fourth-order valence-corrected chi connectivity index (χ4v) is 3.50. The lowest BCUT2D eigenvalue weighted by atomic mass is 10.1. The standard InChI is InChI=1S/C21H22FN3O3/c22-18-4-1-16-11-25(12-17(16)9-18)21(27)24-19-5-2-15(3-6-19)20(26)23-10-14-7-8-28-13-14/h1-6,9,14H,7-8,10-13H2,(H,23,26)(H,24,27). The Morgan fingerprint density at radius 1 is 1.11 bits per heavy atom. The minimum Gasteiger partial charge on any atom is -0.381 e. The highest BCUT2D eigenvalue weighted by molar-refractivity contribution is 5.95. The lowest BCUT2D eigenvalue weighted by Gasteiger charge is -2.16. The molecular formula is C21H22FN3O3. The summed E-state index contributed by atoms with van der Waals surface area (Å²) in [5.41, 5.74) is 2.93. The van der Waals surface area contributed by atoms with Gasteiger partial charge in [0.2, 0.25) is 0 Å². The minimum absolute atomic E-state index is 0.137. The highest BCUT2D eigenvalue weighted by Gasteiger charge is 2.23. The number of carbonyl (C=O) groups excluding carboxylic acids is 2. The van der Waals surface area contributed by atoms with E-state index in [4.69, 9.17) is 4.74 Å². The molecule has 0 saturated carbocycles. The molecule has 2 heterocycles. The smallest absolute Gasteiger partial charge is 0.322 e. The Balaban J connectivity index is 1.30. The Kier molecular flexibility index (Phi) is 5.25. The van der Waals surface area contributed by atoms with E-state index in [1.54, 1.807) is 35.2 Å². The monoisotopic (exact) mass is 383 g/mol. The number of hydrogen-bond acceptors (Lipinski definition) is 3. The second kappa shape index (κ2) is 7.98. The minimum atomic E-state index is -0.296. The summed E-state index contributed by atoms with van der Waals surface area (Å²) in [4.78, 5) is 26.3. The van der Waals surface area contributed by atoms with E-state index in [0.29, 0.717) is 43.4 Å². The molecule has 2 aromatic carbocycles. The Morgan fingerprint density at radius 3 is 2.64 bits per heavy atom. The van der Waals surface area contributed by atoms with Crippen LogP contribution in [0.1, 0.15) is 27.9 Å². The van der Waals surface area contributed by atoms with Crippen LogP contribution in [0.3, 0.4) is 0 Å². The van der Waals surface area contributed by atoms with Crippen molar-refractivity contribution in [1.82, 2.24) is 10.2 Å². The molecule has 2 aliphatic heterocycles. The van der Waals surface area contributed by atoms with Crippen molar-refractivity contribution in [3.8, 4) is 0 Å². The third-order valence-electron chi connectivity index (χ3n) is 5.15. The van der Waals surface area contributed by atoms with Crippen molar-refractivity contribution >= 4 is 17.6 Å². The maximum absolute atomic E-state index is 13.3. The highest BCUT2D eigenvalue weighted by Crippen LogP contribution is 2.24. The first-order valence-electron chi connectivity index (χ1n) is 9.38. The largest absolute Gasteiger partial charge is 0.381 e. The highest BCUT2D eigenvalue weighted by atomic mass is 19.1. The van der Waals surface area contributed by atoms with Gasteiger partial charge in [-0.05, 0) is 53.9 Å². The fourth-order valence-electron chi connectivity index (χ4n) is 3.50. The number of fused-ring (bicyclic) bond motifs is 1. The van der Waals surface area contributed by atoms with Gasteiger partial charge in [-0.1, -0.05) is 6.07 Å². The molecule has 1 fully saturated rings. The summed E-state index contributed by atoms with van der Waals surface area (Å²) < 4.78 is 18.6. The van der Waals surface area contributed by atoms with E-state index in [0.717, 1.165) is 24.2 Å². The zero-order valence-electron chi connectivity index (χ0n) is 15.4. The van der Waals surface area contributed by atoms with Gasteiger partial charge < -0.3 is 20.3 Å². The van der Waals surface area contributed by atoms with E-state index >= 15 is 0 Å². The second-order valence-corrected chi connectivity index (χ2v) is 7.22. The molecule has 0 spiro atoms. The molecule has 4 rings (SSSR count). The molecule has 146 valence electrons. The molecule has 7 heteroatoms. The van der Waals surface area contributed by atoms with Gasteiger partial charge in [-0.25, -0.2) is 9.18 Å². The van der Waals surface area contributed by atoms with Crippen LogP contribution < -0.4 is 10.6 Å². The molecule has 0 radical (unpaired) electrons. The zero-order chi connectivity index (χ0) is 19.5. The van der Waals surface area contributed by atoms with Crippen LogP contribution >= 0.6 is 0 Å². The van der Waals surface area contributed by atoms with Gasteiger partial charge in [0.1, 0.15) is 5.82 Å². The van der Waals surface area contributed by atoms with Crippen LogP contribution in [0, 0.1) is 11.7 Å². The van der Waals surface area contributed by atoms with Crippen molar-refractivity contribution in [2.24, 2.45) is 5.92 Å². The van der Waals surface area contributed by atoms with E-state index in [1.165, 1.54) is 12.1 Å². The van der Waals surface area contributed by atoms with E-state index in [2.05, 4.69) is 10.6 Å². The molecule has 0 aliphatic carbocycles. The number of anilines is 1. The molecule has 0 bridgehead atoms. The quantitative estimate of drug-likeness (QED) is 0.852. The summed E-state index contributed by atoms with van der Waals surface area (Å²) in [7, 11) is 0. The predicted molar refractivity (Wildman–Crippen MR) is 102 cm³/mol. The molecule has 28 heavy (non-hydrogen) atoms. The molecule has 3 amide bonds. The second-order valence-electron chi connectivity index (χ2n) is 7.22. The van der Waals surface area contributed by atoms with Crippen molar-refractivity contribution in [2.75, 3.05) is 25.1 Å². The van der Waals surface area contributed by atoms with Crippen LogP contribution in [0.4, 0.5) is 14.9 Å². The van der Waals surface area contributed by atoms with Gasteiger partial charge in [0.25, 0.3) is 5.91 Å². The first-order chi connectivity index (χ1) is 13.6. The Hall–Kier alpha value is -2.93. The van der Waals surface area contributed by atoms with Crippen LogP contribution in [0.25, 0.3) is 0 Å². The maximum atomic E-state index is 13.3. The van der Waals surface area contributed by atoms with E-state index in [-0.39, 0.29) is 17.8 Å². The van der Waals surface area contributed by atoms with Crippen LogP contribution in [-0.4, -0.2) is 36.6 Å². The number of rotatable bonds is 4. The molecule has 0 aromatic heterocycles. The van der Waals surface area contributed by atoms with Gasteiger partial charge in [-0.3, -0.25) is 4.79 Å². The van der Waals surface area contributed by atoms with Gasteiger partial charge in [0.15, 0.2) is 0 Å². The summed E-state index contributed by atoms with van der Waals surface area (Å²) in [6.45, 7) is 2.88. The van der Waals surface area contributed by atoms with Gasteiger partial charge in [0, 0.05) is 43.4 Å². The number of nitrogens with one attached hydrogen (secondary N) is 2. The summed E-state index contributed by atoms with van der Waals surface area (Å²) in [6, 6.07) is 11.1. The molecule has 6 nitrogen and oxygen atoms in total. The van der Waals surface area contributed by atoms with Crippen LogP contribution in [0.2, 0.25) is 0 Å². The van der Waals surface area contributed by atoms with Crippen LogP contribution in [-0.2, 0) is 17.8 Å². The average Bonchev–Trinajstić information content (AvgIpc) is 3.36. The van der Waals surface area contributed by atoms with E-state index < -0.39 is 0 Å². The number of ether oxygens (including phenoxy) is 1. The molecular weight excluding hydrogens is 361 g/mol. The number of nitrogens with zero attached hydrogens (tertiary/aromatic N) is 1. The van der Waals surface area contributed by atoms with Crippen molar-refractivity contribution in [2.45, 2.75) is 19.5 Å². The molecule has 1 atom stereocenters. The fraction of sp³-hybridized carbons (Fsp3) is 0.333. The molecule has 2 aliphatic rings. The Labute approximate surface area is 162 Å². The van der Waals surface area contributed by atoms with Crippen LogP contribution in [0.5, 0.6) is 0 Å². The number of halogens is 1. The van der Waals surface area contributed by atoms with E-state index in [1.807, 2.05) is 0 Å². The maximum Gasteiger partial charge on any atom is 0.322 e. The SMILES string of the molecule is O=C(NCC1CCOC1)c1ccc(NC(=O)N2Cc3ccc(F)cc3C2)cc1. The summed E-state index contributed by atoms with van der Waals surface area (Å²) in [5, 5.41) is 5.74. The number of urea groups is 1. The van der Waals surface area contributed by atoms with Gasteiger partial charge in [0.05, 0.1) is 6.61 Å². The summed E-state index contributed by atoms with van der Waals surface area (Å²) in [6.07, 6.45) is 0.970. The van der Waals surface area contributed by atoms with E-state index in [9.17, 15) is 14.0 Å². The molecule has 2 N–H and O–H groups in total. The summed E-state index contributed by atoms with van der Waals surface area (Å²) >= 11 is 0. The number of amides is 3. The number of carbonyl (C=O) groups is 2. The predicted octanol–water partition coefficient (Wildman–Crippen LogP) is 3.14.